The van der Waals surface area contributed by atoms with E-state index in [0.717, 1.165) is 56.7 Å². The molecule has 3 aliphatic heterocycles. The summed E-state index contributed by atoms with van der Waals surface area (Å²) in [6, 6.07) is 7.42. The third-order valence-corrected chi connectivity index (χ3v) is 7.13. The van der Waals surface area contributed by atoms with Crippen molar-refractivity contribution in [1.29, 1.82) is 0 Å². The Hall–Kier alpha value is -3.27. The highest BCUT2D eigenvalue weighted by Crippen LogP contribution is 2.42. The average molecular weight is 489 g/mol. The molecule has 4 atom stereocenters. The molecule has 2 aromatic rings. The van der Waals surface area contributed by atoms with Crippen LogP contribution in [0.1, 0.15) is 37.1 Å². The number of likely N-dealkylation sites (tertiary alicyclic amines) is 1. The van der Waals surface area contributed by atoms with Crippen molar-refractivity contribution in [3.8, 4) is 0 Å². The lowest BCUT2D eigenvalue weighted by atomic mass is 9.70. The summed E-state index contributed by atoms with van der Waals surface area (Å²) in [5.41, 5.74) is 0.998. The van der Waals surface area contributed by atoms with E-state index < -0.39 is 0 Å². The molecule has 0 aliphatic carbocycles. The van der Waals surface area contributed by atoms with Crippen LogP contribution in [0.4, 0.5) is 4.39 Å². The molecular weight excluding hydrogens is 455 g/mol. The molecule has 5 rings (SSSR count). The lowest BCUT2D eigenvalue weighted by molar-refractivity contribution is -0.152. The Bertz CT molecular complexity index is 951. The first-order chi connectivity index (χ1) is 17.0. The maximum absolute atomic E-state index is 13.8. The Morgan fingerprint density at radius 3 is 2.60 bits per heavy atom. The van der Waals surface area contributed by atoms with Gasteiger partial charge in [0.05, 0.1) is 0 Å². The molecule has 0 radical (unpaired) electrons. The van der Waals surface area contributed by atoms with E-state index in [0.29, 0.717) is 30.2 Å². The number of carbonyl (C=O) groups excluding carboxylic acids is 1. The van der Waals surface area contributed by atoms with Gasteiger partial charge in [-0.25, -0.2) is 9.37 Å². The normalized spacial score (nSPS) is 25.3. The molecule has 3 N–H and O–H groups in total. The van der Waals surface area contributed by atoms with Crippen molar-refractivity contribution in [2.45, 2.75) is 50.6 Å². The number of carbonyl (C=O) groups is 3. The number of hydrogen-bond donors (Lipinski definition) is 3. The van der Waals surface area contributed by atoms with Crippen LogP contribution in [0, 0.1) is 17.7 Å². The number of aromatic amines is 1. The van der Waals surface area contributed by atoms with Gasteiger partial charge in [0.25, 0.3) is 12.9 Å². The van der Waals surface area contributed by atoms with Crippen molar-refractivity contribution in [2.24, 2.45) is 11.8 Å². The standard InChI is InChI=1S/C23H29FN4O.2CH2O2/c24-19-4-1-3-16(11-19)12-21-18-13-17(20-5-2-6-23(29)28(20)21)14-27(15-18)10-7-22-25-8-9-26-22;2*2-1-3/h1,3-4,8-9,11,17-18,20-21H,2,5-7,10,12-15H2,(H,25,26);2*1H,(H,2,3)/t17-,18+,20+,21+;;/m1../s1. The van der Waals surface area contributed by atoms with Crippen LogP contribution in [0.15, 0.2) is 36.7 Å². The van der Waals surface area contributed by atoms with Gasteiger partial charge in [0.2, 0.25) is 5.91 Å². The molecule has 3 fully saturated rings. The highest BCUT2D eigenvalue weighted by Gasteiger charge is 2.49. The first kappa shape index (κ1) is 26.3. The van der Waals surface area contributed by atoms with Crippen molar-refractivity contribution in [2.75, 3.05) is 19.6 Å². The maximum Gasteiger partial charge on any atom is 0.290 e. The van der Waals surface area contributed by atoms with E-state index in [1.165, 1.54) is 12.5 Å². The summed E-state index contributed by atoms with van der Waals surface area (Å²) in [4.78, 5) is 42.0. The van der Waals surface area contributed by atoms with Gasteiger partial charge in [-0.2, -0.15) is 0 Å². The van der Waals surface area contributed by atoms with Crippen molar-refractivity contribution in [3.05, 3.63) is 53.9 Å². The summed E-state index contributed by atoms with van der Waals surface area (Å²) in [6.07, 6.45) is 9.32. The molecule has 190 valence electrons. The fourth-order valence-electron chi connectivity index (χ4n) is 5.92. The largest absolute Gasteiger partial charge is 0.483 e. The summed E-state index contributed by atoms with van der Waals surface area (Å²) < 4.78 is 13.8. The third-order valence-electron chi connectivity index (χ3n) is 7.13. The first-order valence-electron chi connectivity index (χ1n) is 11.9. The van der Waals surface area contributed by atoms with Crippen molar-refractivity contribution < 1.29 is 29.0 Å². The zero-order valence-electron chi connectivity index (χ0n) is 19.6. The van der Waals surface area contributed by atoms with Crippen LogP contribution in [-0.2, 0) is 27.2 Å². The molecule has 4 heterocycles. The summed E-state index contributed by atoms with van der Waals surface area (Å²) in [6.45, 7) is 2.57. The monoisotopic (exact) mass is 488 g/mol. The van der Waals surface area contributed by atoms with Crippen LogP contribution in [0.5, 0.6) is 0 Å². The smallest absolute Gasteiger partial charge is 0.290 e. The van der Waals surface area contributed by atoms with E-state index in [1.54, 1.807) is 18.3 Å². The van der Waals surface area contributed by atoms with Gasteiger partial charge in [0, 0.05) is 57.0 Å². The topological polar surface area (TPSA) is 127 Å². The van der Waals surface area contributed by atoms with Crippen LogP contribution in [-0.4, -0.2) is 80.6 Å². The van der Waals surface area contributed by atoms with E-state index in [2.05, 4.69) is 19.8 Å². The molecule has 1 aromatic heterocycles. The Morgan fingerprint density at radius 1 is 1.17 bits per heavy atom. The molecular formula is C25H33FN4O5. The quantitative estimate of drug-likeness (QED) is 0.552. The van der Waals surface area contributed by atoms with Gasteiger partial charge in [0.1, 0.15) is 11.6 Å². The van der Waals surface area contributed by atoms with Crippen LogP contribution < -0.4 is 0 Å². The van der Waals surface area contributed by atoms with Gasteiger partial charge >= 0.3 is 0 Å². The minimum Gasteiger partial charge on any atom is -0.483 e. The van der Waals surface area contributed by atoms with E-state index >= 15 is 0 Å². The number of amides is 1. The molecule has 1 amide bonds. The number of imidazole rings is 1. The second kappa shape index (κ2) is 13.0. The number of piperidine rings is 3. The molecule has 0 spiro atoms. The van der Waals surface area contributed by atoms with Crippen LogP contribution in [0.2, 0.25) is 0 Å². The maximum atomic E-state index is 13.8. The van der Waals surface area contributed by atoms with Crippen LogP contribution in [0.25, 0.3) is 0 Å². The van der Waals surface area contributed by atoms with Gasteiger partial charge < -0.3 is 25.0 Å². The predicted octanol–water partition coefficient (Wildman–Crippen LogP) is 2.44. The highest BCUT2D eigenvalue weighted by atomic mass is 19.1. The fraction of sp³-hybridized carbons (Fsp3) is 0.520. The summed E-state index contributed by atoms with van der Waals surface area (Å²) in [7, 11) is 0. The Labute approximate surface area is 204 Å². The molecule has 10 heteroatoms. The lowest BCUT2D eigenvalue weighted by Crippen LogP contribution is -2.65. The summed E-state index contributed by atoms with van der Waals surface area (Å²) in [5, 5.41) is 13.8. The van der Waals surface area contributed by atoms with E-state index in [-0.39, 0.29) is 24.8 Å². The second-order valence-corrected chi connectivity index (χ2v) is 9.17. The molecule has 35 heavy (non-hydrogen) atoms. The van der Waals surface area contributed by atoms with Gasteiger partial charge in [-0.1, -0.05) is 12.1 Å². The van der Waals surface area contributed by atoms with Crippen molar-refractivity contribution >= 4 is 18.9 Å². The number of fused-ring (bicyclic) bond motifs is 4. The Balaban J connectivity index is 0.000000520. The van der Waals surface area contributed by atoms with Crippen molar-refractivity contribution in [3.63, 3.8) is 0 Å². The second-order valence-electron chi connectivity index (χ2n) is 9.17. The van der Waals surface area contributed by atoms with Crippen LogP contribution >= 0.6 is 0 Å². The predicted molar refractivity (Wildman–Crippen MR) is 126 cm³/mol. The highest BCUT2D eigenvalue weighted by molar-refractivity contribution is 5.78. The minimum atomic E-state index is -0.250. The van der Waals surface area contributed by atoms with E-state index in [4.69, 9.17) is 19.8 Å². The van der Waals surface area contributed by atoms with Gasteiger partial charge in [0.15, 0.2) is 0 Å². The van der Waals surface area contributed by atoms with E-state index in [1.807, 2.05) is 12.3 Å². The number of aromatic nitrogens is 2. The van der Waals surface area contributed by atoms with Crippen molar-refractivity contribution in [1.82, 2.24) is 19.8 Å². The first-order valence-corrected chi connectivity index (χ1v) is 11.9. The number of rotatable bonds is 5. The number of carboxylic acid groups (broad SMARTS) is 2. The van der Waals surface area contributed by atoms with Crippen LogP contribution in [0.3, 0.4) is 0 Å². The SMILES string of the molecule is O=C1CCC[C@H]2[C@@H]3C[C@@H](CN(CCc4ncc[nH]4)C3)[C@H](Cc3cccc(F)c3)N12.O=CO.O=CO. The molecule has 2 bridgehead atoms. The lowest BCUT2D eigenvalue weighted by Gasteiger charge is -2.57. The summed E-state index contributed by atoms with van der Waals surface area (Å²) in [5.74, 6) is 2.15. The molecule has 9 nitrogen and oxygen atoms in total. The Morgan fingerprint density at radius 2 is 1.91 bits per heavy atom. The molecule has 1 aromatic carbocycles. The molecule has 0 unspecified atom stereocenters. The Kier molecular flexibility index (Phi) is 9.77. The molecule has 3 saturated heterocycles. The molecule has 3 aliphatic rings. The number of nitrogens with one attached hydrogen (secondary N) is 1. The van der Waals surface area contributed by atoms with E-state index in [9.17, 15) is 9.18 Å². The third kappa shape index (κ3) is 6.88. The number of H-pyrrole nitrogens is 1. The number of halogens is 1. The fourth-order valence-corrected chi connectivity index (χ4v) is 5.92. The summed E-state index contributed by atoms with van der Waals surface area (Å²) >= 11 is 0. The minimum absolute atomic E-state index is 0.178. The van der Waals surface area contributed by atoms with Gasteiger partial charge in [-0.3, -0.25) is 14.4 Å². The molecule has 0 saturated carbocycles. The number of hydrogen-bond acceptors (Lipinski definition) is 5. The zero-order valence-corrected chi connectivity index (χ0v) is 19.6. The van der Waals surface area contributed by atoms with Gasteiger partial charge in [-0.05, 0) is 55.2 Å². The van der Waals surface area contributed by atoms with Gasteiger partial charge in [-0.15, -0.1) is 0 Å². The zero-order chi connectivity index (χ0) is 25.2. The average Bonchev–Trinajstić information content (AvgIpc) is 3.36. The number of nitrogens with zero attached hydrogens (tertiary/aromatic N) is 3. The number of benzene rings is 1.